The van der Waals surface area contributed by atoms with E-state index in [1.807, 2.05) is 17.2 Å². The predicted octanol–water partition coefficient (Wildman–Crippen LogP) is 4.10. The summed E-state index contributed by atoms with van der Waals surface area (Å²) in [6, 6.07) is 4.57. The molecule has 0 saturated carbocycles. The summed E-state index contributed by atoms with van der Waals surface area (Å²) in [5, 5.41) is 14.2. The van der Waals surface area contributed by atoms with Crippen LogP contribution >= 0.6 is 11.3 Å². The number of nitro groups is 1. The number of anilines is 1. The van der Waals surface area contributed by atoms with Gasteiger partial charge in [0.15, 0.2) is 0 Å². The van der Waals surface area contributed by atoms with Gasteiger partial charge in [-0.2, -0.15) is 0 Å². The number of ether oxygens (including phenoxy) is 1. The van der Waals surface area contributed by atoms with E-state index in [9.17, 15) is 14.9 Å². The van der Waals surface area contributed by atoms with E-state index in [0.29, 0.717) is 11.4 Å². The molecule has 0 unspecified atom stereocenters. The highest BCUT2D eigenvalue weighted by Crippen LogP contribution is 2.31. The lowest BCUT2D eigenvalue weighted by Gasteiger charge is -2.22. The SMILES string of the molecule is Cc1nc(COC(=O)c2ccc(N3CCCCCC3)c([N+](=O)[O-])c2)cs1. The number of carbonyl (C=O) groups excluding carboxylic acids is 1. The van der Waals surface area contributed by atoms with Crippen LogP contribution in [0.4, 0.5) is 11.4 Å². The number of carbonyl (C=O) groups is 1. The quantitative estimate of drug-likeness (QED) is 0.444. The Kier molecular flexibility index (Phi) is 5.82. The van der Waals surface area contributed by atoms with Crippen molar-refractivity contribution in [1.29, 1.82) is 0 Å². The lowest BCUT2D eigenvalue weighted by molar-refractivity contribution is -0.384. The van der Waals surface area contributed by atoms with Crippen LogP contribution in [0.5, 0.6) is 0 Å². The third-order valence-electron chi connectivity index (χ3n) is 4.37. The molecule has 26 heavy (non-hydrogen) atoms. The van der Waals surface area contributed by atoms with Crippen LogP contribution in [0.15, 0.2) is 23.6 Å². The molecule has 0 amide bonds. The summed E-state index contributed by atoms with van der Waals surface area (Å²) >= 11 is 1.48. The van der Waals surface area contributed by atoms with E-state index in [0.717, 1.165) is 43.8 Å². The third-order valence-corrected chi connectivity index (χ3v) is 5.19. The number of aromatic nitrogens is 1. The second kappa shape index (κ2) is 8.27. The van der Waals surface area contributed by atoms with E-state index in [2.05, 4.69) is 4.98 Å². The molecule has 0 N–H and O–H groups in total. The van der Waals surface area contributed by atoms with Gasteiger partial charge in [-0.25, -0.2) is 9.78 Å². The number of hydrogen-bond donors (Lipinski definition) is 0. The molecule has 1 fully saturated rings. The van der Waals surface area contributed by atoms with Gasteiger partial charge in [-0.3, -0.25) is 10.1 Å². The zero-order valence-electron chi connectivity index (χ0n) is 14.6. The first-order valence-corrected chi connectivity index (χ1v) is 9.54. The first-order chi connectivity index (χ1) is 12.5. The maximum absolute atomic E-state index is 12.3. The summed E-state index contributed by atoms with van der Waals surface area (Å²) in [6.07, 6.45) is 4.33. The number of nitrogens with zero attached hydrogens (tertiary/aromatic N) is 3. The van der Waals surface area contributed by atoms with E-state index >= 15 is 0 Å². The molecule has 2 heterocycles. The van der Waals surface area contributed by atoms with Crippen molar-refractivity contribution in [3.63, 3.8) is 0 Å². The van der Waals surface area contributed by atoms with Gasteiger partial charge in [-0.05, 0) is 31.9 Å². The second-order valence-corrected chi connectivity index (χ2v) is 7.36. The Morgan fingerprint density at radius 1 is 1.31 bits per heavy atom. The van der Waals surface area contributed by atoms with Crippen molar-refractivity contribution >= 4 is 28.7 Å². The third kappa shape index (κ3) is 4.37. The first kappa shape index (κ1) is 18.3. The van der Waals surface area contributed by atoms with Crippen LogP contribution in [-0.2, 0) is 11.3 Å². The molecular weight excluding hydrogens is 354 g/mol. The van der Waals surface area contributed by atoms with E-state index in [1.165, 1.54) is 17.4 Å². The van der Waals surface area contributed by atoms with Gasteiger partial charge in [-0.1, -0.05) is 12.8 Å². The highest BCUT2D eigenvalue weighted by Gasteiger charge is 2.23. The molecule has 138 valence electrons. The number of aryl methyl sites for hydroxylation is 1. The number of benzene rings is 1. The normalized spacial score (nSPS) is 14.7. The molecule has 1 aliphatic rings. The largest absolute Gasteiger partial charge is 0.456 e. The van der Waals surface area contributed by atoms with Crippen LogP contribution in [0.25, 0.3) is 0 Å². The van der Waals surface area contributed by atoms with E-state index in [1.54, 1.807) is 12.1 Å². The van der Waals surface area contributed by atoms with Gasteiger partial charge in [0.2, 0.25) is 0 Å². The molecule has 0 aliphatic carbocycles. The zero-order chi connectivity index (χ0) is 18.5. The number of hydrogen-bond acceptors (Lipinski definition) is 7. The fourth-order valence-corrected chi connectivity index (χ4v) is 3.67. The minimum absolute atomic E-state index is 0.0501. The van der Waals surface area contributed by atoms with Crippen LogP contribution in [0, 0.1) is 17.0 Å². The summed E-state index contributed by atoms with van der Waals surface area (Å²) in [5.74, 6) is -0.582. The standard InChI is InChI=1S/C18H21N3O4S/c1-13-19-15(12-26-13)11-25-18(22)14-6-7-16(17(10-14)21(23)24)20-8-4-2-3-5-9-20/h6-7,10,12H,2-5,8-9,11H2,1H3. The average Bonchev–Trinajstić information content (AvgIpc) is 2.88. The van der Waals surface area contributed by atoms with Crippen molar-refractivity contribution in [2.75, 3.05) is 18.0 Å². The van der Waals surface area contributed by atoms with Crippen LogP contribution < -0.4 is 4.90 Å². The molecule has 1 saturated heterocycles. The molecule has 0 atom stereocenters. The Labute approximate surface area is 155 Å². The first-order valence-electron chi connectivity index (χ1n) is 8.66. The molecular formula is C18H21N3O4S. The van der Waals surface area contributed by atoms with Crippen LogP contribution in [0.2, 0.25) is 0 Å². The van der Waals surface area contributed by atoms with Gasteiger partial charge in [0, 0.05) is 24.5 Å². The fourth-order valence-electron chi connectivity index (χ4n) is 3.07. The van der Waals surface area contributed by atoms with E-state index < -0.39 is 10.9 Å². The van der Waals surface area contributed by atoms with Gasteiger partial charge < -0.3 is 9.64 Å². The Bertz CT molecular complexity index is 797. The Morgan fingerprint density at radius 2 is 2.04 bits per heavy atom. The van der Waals surface area contributed by atoms with Crippen LogP contribution in [-0.4, -0.2) is 29.0 Å². The summed E-state index contributed by atoms with van der Waals surface area (Å²) in [6.45, 7) is 3.54. The summed E-state index contributed by atoms with van der Waals surface area (Å²) in [7, 11) is 0. The van der Waals surface area contributed by atoms with Crippen LogP contribution in [0.1, 0.15) is 46.7 Å². The minimum atomic E-state index is -0.582. The average molecular weight is 375 g/mol. The number of rotatable bonds is 5. The smallest absolute Gasteiger partial charge is 0.338 e. The topological polar surface area (TPSA) is 85.6 Å². The molecule has 1 aromatic carbocycles. The van der Waals surface area contributed by atoms with Gasteiger partial charge in [0.25, 0.3) is 5.69 Å². The predicted molar refractivity (Wildman–Crippen MR) is 99.7 cm³/mol. The van der Waals surface area contributed by atoms with Crippen molar-refractivity contribution in [1.82, 2.24) is 4.98 Å². The number of esters is 1. The van der Waals surface area contributed by atoms with E-state index in [4.69, 9.17) is 4.74 Å². The zero-order valence-corrected chi connectivity index (χ0v) is 15.5. The maximum atomic E-state index is 12.3. The molecule has 7 nitrogen and oxygen atoms in total. The maximum Gasteiger partial charge on any atom is 0.338 e. The van der Waals surface area contributed by atoms with Crippen molar-refractivity contribution in [2.45, 2.75) is 39.2 Å². The lowest BCUT2D eigenvalue weighted by Crippen LogP contribution is -2.24. The Morgan fingerprint density at radius 3 is 2.65 bits per heavy atom. The summed E-state index contributed by atoms with van der Waals surface area (Å²) in [5.41, 5.74) is 1.38. The number of thiazole rings is 1. The molecule has 1 aromatic heterocycles. The van der Waals surface area contributed by atoms with Crippen molar-refractivity contribution in [3.8, 4) is 0 Å². The van der Waals surface area contributed by atoms with E-state index in [-0.39, 0.29) is 17.9 Å². The summed E-state index contributed by atoms with van der Waals surface area (Å²) in [4.78, 5) is 29.6. The highest BCUT2D eigenvalue weighted by molar-refractivity contribution is 7.09. The highest BCUT2D eigenvalue weighted by atomic mass is 32.1. The molecule has 8 heteroatoms. The Balaban J connectivity index is 1.76. The van der Waals surface area contributed by atoms with Crippen LogP contribution in [0.3, 0.4) is 0 Å². The van der Waals surface area contributed by atoms with Gasteiger partial charge in [-0.15, -0.1) is 11.3 Å². The second-order valence-electron chi connectivity index (χ2n) is 6.30. The fraction of sp³-hybridized carbons (Fsp3) is 0.444. The van der Waals surface area contributed by atoms with Crippen molar-refractivity contribution < 1.29 is 14.5 Å². The summed E-state index contributed by atoms with van der Waals surface area (Å²) < 4.78 is 5.24. The van der Waals surface area contributed by atoms with Crippen molar-refractivity contribution in [3.05, 3.63) is 50.0 Å². The Hall–Kier alpha value is -2.48. The molecule has 0 bridgehead atoms. The van der Waals surface area contributed by atoms with Crippen molar-refractivity contribution in [2.24, 2.45) is 0 Å². The molecule has 0 spiro atoms. The monoisotopic (exact) mass is 375 g/mol. The van der Waals surface area contributed by atoms with Gasteiger partial charge in [0.1, 0.15) is 12.3 Å². The molecule has 1 aliphatic heterocycles. The van der Waals surface area contributed by atoms with Gasteiger partial charge in [0.05, 0.1) is 21.2 Å². The molecule has 0 radical (unpaired) electrons. The minimum Gasteiger partial charge on any atom is -0.456 e. The molecule has 2 aromatic rings. The number of nitro benzene ring substituents is 1. The molecule has 3 rings (SSSR count). The van der Waals surface area contributed by atoms with Gasteiger partial charge >= 0.3 is 5.97 Å². The lowest BCUT2D eigenvalue weighted by atomic mass is 10.1.